The molecule has 1 saturated carbocycles. The first-order chi connectivity index (χ1) is 8.22. The number of hydrogen-bond donors (Lipinski definition) is 2. The molecular weight excluding hydrogens is 219 g/mol. The van der Waals surface area contributed by atoms with E-state index >= 15 is 0 Å². The summed E-state index contributed by atoms with van der Waals surface area (Å²) in [5, 5.41) is 3.25. The molecule has 2 rings (SSSR count). The van der Waals surface area contributed by atoms with Gasteiger partial charge in [0.15, 0.2) is 0 Å². The molecule has 4 heteroatoms. The average Bonchev–Trinajstić information content (AvgIpc) is 3.15. The summed E-state index contributed by atoms with van der Waals surface area (Å²) in [4.78, 5) is 0. The van der Waals surface area contributed by atoms with Crippen molar-refractivity contribution in [1.82, 2.24) is 0 Å². The maximum atomic E-state index is 13.6. The SMILES string of the molecule is COCC(CN)(Nc1ccccc1F)C1CC1. The summed E-state index contributed by atoms with van der Waals surface area (Å²) in [5.41, 5.74) is 6.03. The molecule has 1 aromatic rings. The summed E-state index contributed by atoms with van der Waals surface area (Å²) in [5.74, 6) is 0.231. The third-order valence-corrected chi connectivity index (χ3v) is 3.38. The third kappa shape index (κ3) is 2.58. The number of ether oxygens (including phenoxy) is 1. The van der Waals surface area contributed by atoms with Crippen molar-refractivity contribution < 1.29 is 9.13 Å². The monoisotopic (exact) mass is 238 g/mol. The highest BCUT2D eigenvalue weighted by molar-refractivity contribution is 5.47. The van der Waals surface area contributed by atoms with Gasteiger partial charge in [0.1, 0.15) is 5.82 Å². The van der Waals surface area contributed by atoms with Crippen LogP contribution in [-0.4, -0.2) is 25.8 Å². The van der Waals surface area contributed by atoms with E-state index in [9.17, 15) is 4.39 Å². The van der Waals surface area contributed by atoms with Crippen LogP contribution in [0.2, 0.25) is 0 Å². The van der Waals surface area contributed by atoms with Crippen molar-refractivity contribution in [3.8, 4) is 0 Å². The van der Waals surface area contributed by atoms with Crippen molar-refractivity contribution in [2.45, 2.75) is 18.4 Å². The Kier molecular flexibility index (Phi) is 3.64. The highest BCUT2D eigenvalue weighted by atomic mass is 19.1. The van der Waals surface area contributed by atoms with Crippen LogP contribution >= 0.6 is 0 Å². The van der Waals surface area contributed by atoms with E-state index in [0.717, 1.165) is 12.8 Å². The van der Waals surface area contributed by atoms with Crippen molar-refractivity contribution in [1.29, 1.82) is 0 Å². The maximum Gasteiger partial charge on any atom is 0.146 e. The highest BCUT2D eigenvalue weighted by Gasteiger charge is 2.44. The molecule has 0 spiro atoms. The minimum absolute atomic E-state index is 0.248. The fraction of sp³-hybridized carbons (Fsp3) is 0.538. The summed E-state index contributed by atoms with van der Waals surface area (Å²) < 4.78 is 18.9. The first-order valence-corrected chi connectivity index (χ1v) is 5.93. The van der Waals surface area contributed by atoms with Crippen LogP contribution in [0.25, 0.3) is 0 Å². The molecular formula is C13H19FN2O. The average molecular weight is 238 g/mol. The van der Waals surface area contributed by atoms with Gasteiger partial charge in [0.2, 0.25) is 0 Å². The van der Waals surface area contributed by atoms with Crippen molar-refractivity contribution in [3.63, 3.8) is 0 Å². The molecule has 1 unspecified atom stereocenters. The summed E-state index contributed by atoms with van der Waals surface area (Å²) in [6.45, 7) is 0.947. The second-order valence-corrected chi connectivity index (χ2v) is 4.67. The van der Waals surface area contributed by atoms with Gasteiger partial charge >= 0.3 is 0 Å². The molecule has 1 aliphatic carbocycles. The lowest BCUT2D eigenvalue weighted by Gasteiger charge is -2.34. The van der Waals surface area contributed by atoms with Crippen LogP contribution in [0, 0.1) is 11.7 Å². The smallest absolute Gasteiger partial charge is 0.146 e. The Bertz CT molecular complexity index is 381. The third-order valence-electron chi connectivity index (χ3n) is 3.38. The topological polar surface area (TPSA) is 47.3 Å². The number of hydrogen-bond acceptors (Lipinski definition) is 3. The van der Waals surface area contributed by atoms with Crippen LogP contribution in [0.5, 0.6) is 0 Å². The van der Waals surface area contributed by atoms with Crippen LogP contribution in [-0.2, 0) is 4.74 Å². The van der Waals surface area contributed by atoms with E-state index < -0.39 is 0 Å². The molecule has 94 valence electrons. The van der Waals surface area contributed by atoms with Crippen LogP contribution in [0.3, 0.4) is 0 Å². The molecule has 3 nitrogen and oxygen atoms in total. The van der Waals surface area contributed by atoms with Crippen LogP contribution in [0.15, 0.2) is 24.3 Å². The molecule has 17 heavy (non-hydrogen) atoms. The van der Waals surface area contributed by atoms with Crippen molar-refractivity contribution in [2.75, 3.05) is 25.6 Å². The van der Waals surface area contributed by atoms with Crippen molar-refractivity contribution in [2.24, 2.45) is 11.7 Å². The molecule has 0 bridgehead atoms. The Labute approximate surface area is 101 Å². The quantitative estimate of drug-likeness (QED) is 0.796. The number of halogens is 1. The van der Waals surface area contributed by atoms with Crippen LogP contribution in [0.4, 0.5) is 10.1 Å². The first-order valence-electron chi connectivity index (χ1n) is 5.93. The van der Waals surface area contributed by atoms with Gasteiger partial charge in [-0.25, -0.2) is 4.39 Å². The van der Waals surface area contributed by atoms with Gasteiger partial charge in [0.25, 0.3) is 0 Å². The number of methoxy groups -OCH3 is 1. The van der Waals surface area contributed by atoms with Gasteiger partial charge < -0.3 is 15.8 Å². The molecule has 0 radical (unpaired) electrons. The summed E-state index contributed by atoms with van der Waals surface area (Å²) >= 11 is 0. The Balaban J connectivity index is 2.20. The zero-order valence-electron chi connectivity index (χ0n) is 10.1. The normalized spacial score (nSPS) is 18.8. The van der Waals surface area contributed by atoms with Gasteiger partial charge in [-0.05, 0) is 30.9 Å². The Morgan fingerprint density at radius 1 is 1.47 bits per heavy atom. The largest absolute Gasteiger partial charge is 0.382 e. The van der Waals surface area contributed by atoms with Crippen molar-refractivity contribution in [3.05, 3.63) is 30.1 Å². The Morgan fingerprint density at radius 2 is 2.18 bits per heavy atom. The molecule has 0 saturated heterocycles. The number of nitrogens with two attached hydrogens (primary N) is 1. The van der Waals surface area contributed by atoms with Gasteiger partial charge in [-0.2, -0.15) is 0 Å². The van der Waals surface area contributed by atoms with Gasteiger partial charge in [-0.15, -0.1) is 0 Å². The Hall–Kier alpha value is -1.13. The van der Waals surface area contributed by atoms with E-state index in [1.165, 1.54) is 6.07 Å². The molecule has 1 fully saturated rings. The minimum atomic E-state index is -0.336. The van der Waals surface area contributed by atoms with E-state index in [0.29, 0.717) is 24.8 Å². The van der Waals surface area contributed by atoms with Gasteiger partial charge in [0, 0.05) is 13.7 Å². The fourth-order valence-corrected chi connectivity index (χ4v) is 2.26. The van der Waals surface area contributed by atoms with Crippen LogP contribution in [0.1, 0.15) is 12.8 Å². The lowest BCUT2D eigenvalue weighted by molar-refractivity contribution is 0.134. The predicted molar refractivity (Wildman–Crippen MR) is 66.4 cm³/mol. The molecule has 1 aliphatic rings. The zero-order valence-corrected chi connectivity index (χ0v) is 10.1. The Morgan fingerprint density at radius 3 is 2.71 bits per heavy atom. The summed E-state index contributed by atoms with van der Waals surface area (Å²) in [6.07, 6.45) is 2.25. The van der Waals surface area contributed by atoms with E-state index in [4.69, 9.17) is 10.5 Å². The highest BCUT2D eigenvalue weighted by Crippen LogP contribution is 2.41. The van der Waals surface area contributed by atoms with E-state index in [2.05, 4.69) is 5.32 Å². The molecule has 0 aliphatic heterocycles. The second-order valence-electron chi connectivity index (χ2n) is 4.67. The van der Waals surface area contributed by atoms with Crippen molar-refractivity contribution >= 4 is 5.69 Å². The zero-order chi connectivity index (χ0) is 12.3. The molecule has 1 atom stereocenters. The van der Waals surface area contributed by atoms with Gasteiger partial charge in [0.05, 0.1) is 17.8 Å². The maximum absolute atomic E-state index is 13.6. The first kappa shape index (κ1) is 12.3. The number of para-hydroxylation sites is 1. The second kappa shape index (κ2) is 5.02. The van der Waals surface area contributed by atoms with E-state index in [-0.39, 0.29) is 11.4 Å². The van der Waals surface area contributed by atoms with E-state index in [1.54, 1.807) is 19.2 Å². The number of rotatable bonds is 6. The molecule has 3 N–H and O–H groups in total. The number of nitrogens with one attached hydrogen (secondary N) is 1. The van der Waals surface area contributed by atoms with E-state index in [1.807, 2.05) is 6.07 Å². The van der Waals surface area contributed by atoms with Crippen LogP contribution < -0.4 is 11.1 Å². The molecule has 0 heterocycles. The number of benzene rings is 1. The number of anilines is 1. The summed E-state index contributed by atoms with van der Waals surface area (Å²) in [6, 6.07) is 6.67. The molecule has 1 aromatic carbocycles. The lowest BCUT2D eigenvalue weighted by atomic mass is 9.93. The van der Waals surface area contributed by atoms with Gasteiger partial charge in [-0.1, -0.05) is 12.1 Å². The minimum Gasteiger partial charge on any atom is -0.382 e. The molecule has 0 aromatic heterocycles. The predicted octanol–water partition coefficient (Wildman–Crippen LogP) is 1.99. The standard InChI is InChI=1S/C13H19FN2O/c1-17-9-13(8-15,10-6-7-10)16-12-5-3-2-4-11(12)14/h2-5,10,16H,6-9,15H2,1H3. The van der Waals surface area contributed by atoms with Gasteiger partial charge in [-0.3, -0.25) is 0 Å². The fourth-order valence-electron chi connectivity index (χ4n) is 2.26. The summed E-state index contributed by atoms with van der Waals surface area (Å²) in [7, 11) is 1.65. The lowest BCUT2D eigenvalue weighted by Crippen LogP contribution is -2.51. The molecule has 0 amide bonds.